The summed E-state index contributed by atoms with van der Waals surface area (Å²) in [5.41, 5.74) is 5.22. The highest BCUT2D eigenvalue weighted by atomic mass is 16.6. The highest BCUT2D eigenvalue weighted by Gasteiger charge is 2.21. The third-order valence-corrected chi connectivity index (χ3v) is 1.65. The molecule has 0 aliphatic heterocycles. The zero-order valence-electron chi connectivity index (χ0n) is 11.6. The van der Waals surface area contributed by atoms with E-state index in [2.05, 4.69) is 10.9 Å². The van der Waals surface area contributed by atoms with Gasteiger partial charge in [0.1, 0.15) is 0 Å². The van der Waals surface area contributed by atoms with Crippen molar-refractivity contribution in [2.75, 3.05) is 13.2 Å². The van der Waals surface area contributed by atoms with Gasteiger partial charge in [-0.1, -0.05) is 0 Å². The van der Waals surface area contributed by atoms with Gasteiger partial charge < -0.3 is 14.9 Å². The third kappa shape index (κ3) is 6.90. The minimum Gasteiger partial charge on any atom is -0.462 e. The van der Waals surface area contributed by atoms with Crippen molar-refractivity contribution in [1.29, 1.82) is 0 Å². The van der Waals surface area contributed by atoms with Crippen LogP contribution in [0.1, 0.15) is 34.6 Å². The van der Waals surface area contributed by atoms with E-state index in [1.807, 2.05) is 20.8 Å². The number of nitrogens with one attached hydrogen (secondary N) is 2. The lowest BCUT2D eigenvalue weighted by molar-refractivity contribution is -0.146. The van der Waals surface area contributed by atoms with E-state index >= 15 is 0 Å². The summed E-state index contributed by atoms with van der Waals surface area (Å²) in [5, 5.41) is 0. The second kappa shape index (κ2) is 7.71. The molecule has 0 heterocycles. The van der Waals surface area contributed by atoms with Gasteiger partial charge in [-0.15, -0.1) is 0 Å². The third-order valence-electron chi connectivity index (χ3n) is 1.65. The predicted octanol–water partition coefficient (Wildman–Crippen LogP) is 0.889. The van der Waals surface area contributed by atoms with E-state index in [1.54, 1.807) is 13.8 Å². The Kier molecular flexibility index (Phi) is 7.04. The molecule has 0 saturated heterocycles. The summed E-state index contributed by atoms with van der Waals surface area (Å²) in [6.45, 7) is 9.53. The first kappa shape index (κ1) is 16.4. The molecule has 0 atom stereocenters. The van der Waals surface area contributed by atoms with Gasteiger partial charge in [-0.05, 0) is 34.6 Å². The van der Waals surface area contributed by atoms with Gasteiger partial charge in [0.05, 0.1) is 13.2 Å². The standard InChI is InChI=1S/C12H22N2O4/c1-6-17-10(15)9(11(16)18-7-2)8-13-14-12(3,4)5/h8,13-14H,6-7H2,1-5H3. The number of hydrogen-bond acceptors (Lipinski definition) is 6. The molecule has 0 rings (SSSR count). The van der Waals surface area contributed by atoms with Gasteiger partial charge in [0.15, 0.2) is 5.57 Å². The number of rotatable bonds is 6. The molecular formula is C12H22N2O4. The summed E-state index contributed by atoms with van der Waals surface area (Å²) in [4.78, 5) is 23.1. The van der Waals surface area contributed by atoms with Gasteiger partial charge in [0, 0.05) is 11.7 Å². The van der Waals surface area contributed by atoms with Gasteiger partial charge in [-0.3, -0.25) is 0 Å². The van der Waals surface area contributed by atoms with Crippen LogP contribution in [0.2, 0.25) is 0 Å². The summed E-state index contributed by atoms with van der Waals surface area (Å²) < 4.78 is 9.56. The van der Waals surface area contributed by atoms with Crippen molar-refractivity contribution >= 4 is 11.9 Å². The van der Waals surface area contributed by atoms with Crippen molar-refractivity contribution in [1.82, 2.24) is 10.9 Å². The second-order valence-corrected chi connectivity index (χ2v) is 4.52. The van der Waals surface area contributed by atoms with E-state index < -0.39 is 11.9 Å². The second-order valence-electron chi connectivity index (χ2n) is 4.52. The molecule has 0 aliphatic carbocycles. The Morgan fingerprint density at radius 1 is 1.06 bits per heavy atom. The van der Waals surface area contributed by atoms with Crippen molar-refractivity contribution in [3.63, 3.8) is 0 Å². The first-order valence-electron chi connectivity index (χ1n) is 5.89. The van der Waals surface area contributed by atoms with E-state index in [0.29, 0.717) is 0 Å². The Hall–Kier alpha value is -1.56. The molecule has 0 unspecified atom stereocenters. The molecule has 104 valence electrons. The molecule has 0 aromatic carbocycles. The van der Waals surface area contributed by atoms with E-state index in [9.17, 15) is 9.59 Å². The van der Waals surface area contributed by atoms with Crippen LogP contribution in [0, 0.1) is 0 Å². The Labute approximate surface area is 108 Å². The summed E-state index contributed by atoms with van der Waals surface area (Å²) in [7, 11) is 0. The minimum atomic E-state index is -0.709. The Morgan fingerprint density at radius 3 is 1.83 bits per heavy atom. The fraction of sp³-hybridized carbons (Fsp3) is 0.667. The van der Waals surface area contributed by atoms with Crippen molar-refractivity contribution in [3.05, 3.63) is 11.8 Å². The maximum atomic E-state index is 11.6. The van der Waals surface area contributed by atoms with Crippen LogP contribution in [-0.4, -0.2) is 30.7 Å². The average molecular weight is 258 g/mol. The maximum Gasteiger partial charge on any atom is 0.347 e. The van der Waals surface area contributed by atoms with Crippen LogP contribution in [0.15, 0.2) is 11.8 Å². The van der Waals surface area contributed by atoms with Crippen molar-refractivity contribution in [2.24, 2.45) is 0 Å². The number of hydrogen-bond donors (Lipinski definition) is 2. The van der Waals surface area contributed by atoms with E-state index in [4.69, 9.17) is 9.47 Å². The van der Waals surface area contributed by atoms with Crippen LogP contribution < -0.4 is 10.9 Å². The molecule has 0 spiro atoms. The largest absolute Gasteiger partial charge is 0.462 e. The number of hydrazine groups is 1. The van der Waals surface area contributed by atoms with Crippen LogP contribution in [0.5, 0.6) is 0 Å². The molecule has 0 bridgehead atoms. The van der Waals surface area contributed by atoms with Crippen molar-refractivity contribution in [2.45, 2.75) is 40.2 Å². The first-order chi connectivity index (χ1) is 8.31. The number of carbonyl (C=O) groups excluding carboxylic acids is 2. The molecule has 0 radical (unpaired) electrons. The number of carbonyl (C=O) groups is 2. The van der Waals surface area contributed by atoms with Crippen LogP contribution in [-0.2, 0) is 19.1 Å². The van der Waals surface area contributed by atoms with Gasteiger partial charge in [-0.25, -0.2) is 15.0 Å². The zero-order chi connectivity index (χ0) is 14.2. The lowest BCUT2D eigenvalue weighted by Crippen LogP contribution is -2.44. The average Bonchev–Trinajstić information content (AvgIpc) is 2.23. The molecule has 2 N–H and O–H groups in total. The topological polar surface area (TPSA) is 76.7 Å². The predicted molar refractivity (Wildman–Crippen MR) is 67.4 cm³/mol. The molecule has 6 heteroatoms. The van der Waals surface area contributed by atoms with E-state index in [1.165, 1.54) is 6.20 Å². The van der Waals surface area contributed by atoms with Crippen molar-refractivity contribution in [3.8, 4) is 0 Å². The van der Waals surface area contributed by atoms with Gasteiger partial charge in [0.25, 0.3) is 0 Å². The Morgan fingerprint density at radius 2 is 1.50 bits per heavy atom. The number of ether oxygens (including phenoxy) is 2. The Bertz CT molecular complexity index is 299. The van der Waals surface area contributed by atoms with Gasteiger partial charge in [0.2, 0.25) is 0 Å². The molecule has 0 saturated carbocycles. The summed E-state index contributed by atoms with van der Waals surface area (Å²) >= 11 is 0. The number of esters is 2. The quantitative estimate of drug-likeness (QED) is 0.242. The lowest BCUT2D eigenvalue weighted by atomic mass is 10.1. The van der Waals surface area contributed by atoms with Crippen LogP contribution in [0.25, 0.3) is 0 Å². The normalized spacial score (nSPS) is 10.5. The van der Waals surface area contributed by atoms with Crippen LogP contribution >= 0.6 is 0 Å². The van der Waals surface area contributed by atoms with Crippen LogP contribution in [0.3, 0.4) is 0 Å². The maximum absolute atomic E-state index is 11.6. The fourth-order valence-corrected chi connectivity index (χ4v) is 0.944. The monoisotopic (exact) mass is 258 g/mol. The first-order valence-corrected chi connectivity index (χ1v) is 5.89. The summed E-state index contributed by atoms with van der Waals surface area (Å²) in [5.74, 6) is -1.42. The molecule has 0 fully saturated rings. The molecule has 0 aromatic heterocycles. The van der Waals surface area contributed by atoms with Crippen LogP contribution in [0.4, 0.5) is 0 Å². The highest BCUT2D eigenvalue weighted by molar-refractivity contribution is 6.13. The minimum absolute atomic E-state index is 0.171. The smallest absolute Gasteiger partial charge is 0.347 e. The molecule has 0 amide bonds. The van der Waals surface area contributed by atoms with E-state index in [-0.39, 0.29) is 24.3 Å². The fourth-order valence-electron chi connectivity index (χ4n) is 0.944. The van der Waals surface area contributed by atoms with E-state index in [0.717, 1.165) is 0 Å². The molecular weight excluding hydrogens is 236 g/mol. The Balaban J connectivity index is 4.70. The van der Waals surface area contributed by atoms with Crippen molar-refractivity contribution < 1.29 is 19.1 Å². The summed E-state index contributed by atoms with van der Waals surface area (Å²) in [6, 6.07) is 0. The highest BCUT2D eigenvalue weighted by Crippen LogP contribution is 2.01. The molecule has 0 aromatic rings. The summed E-state index contributed by atoms with van der Waals surface area (Å²) in [6.07, 6.45) is 1.25. The van der Waals surface area contributed by atoms with Gasteiger partial charge in [-0.2, -0.15) is 0 Å². The SMILES string of the molecule is CCOC(=O)C(=CNNC(C)(C)C)C(=O)OCC. The van der Waals surface area contributed by atoms with Gasteiger partial charge >= 0.3 is 11.9 Å². The molecule has 0 aliphatic rings. The lowest BCUT2D eigenvalue weighted by Gasteiger charge is -2.20. The molecule has 18 heavy (non-hydrogen) atoms. The molecule has 6 nitrogen and oxygen atoms in total. The zero-order valence-corrected chi connectivity index (χ0v) is 11.6.